The van der Waals surface area contributed by atoms with Crippen molar-refractivity contribution in [1.82, 2.24) is 20.1 Å². The summed E-state index contributed by atoms with van der Waals surface area (Å²) in [6.07, 6.45) is 6.78. The molecule has 164 valence electrons. The zero-order chi connectivity index (χ0) is 20.2. The van der Waals surface area contributed by atoms with E-state index in [-0.39, 0.29) is 24.4 Å². The molecule has 0 spiro atoms. The Morgan fingerprint density at radius 1 is 1.17 bits per heavy atom. The van der Waals surface area contributed by atoms with Gasteiger partial charge in [-0.3, -0.25) is 10.1 Å². The van der Waals surface area contributed by atoms with Crippen LogP contribution in [0, 0.1) is 0 Å². The molecule has 1 aliphatic carbocycles. The van der Waals surface area contributed by atoms with Crippen LogP contribution in [0.25, 0.3) is 0 Å². The van der Waals surface area contributed by atoms with Gasteiger partial charge in [-0.25, -0.2) is 4.68 Å². The number of piperidine rings is 1. The fourth-order valence-corrected chi connectivity index (χ4v) is 4.03. The molecule has 2 N–H and O–H groups in total. The second-order valence-electron chi connectivity index (χ2n) is 7.79. The smallest absolute Gasteiger partial charge is 0.258 e. The van der Waals surface area contributed by atoms with Gasteiger partial charge in [0.25, 0.3) is 5.91 Å². The molecule has 1 aliphatic heterocycles. The maximum Gasteiger partial charge on any atom is 0.258 e. The molecule has 0 radical (unpaired) electrons. The van der Waals surface area contributed by atoms with Crippen molar-refractivity contribution in [2.24, 2.45) is 7.05 Å². The normalized spacial score (nSPS) is 17.4. The number of hydrogen-bond acceptors (Lipinski definition) is 6. The Bertz CT molecular complexity index is 860. The first kappa shape index (κ1) is 22.4. The first-order valence-electron chi connectivity index (χ1n) is 10.4. The summed E-state index contributed by atoms with van der Waals surface area (Å²) in [6, 6.07) is 5.28. The van der Waals surface area contributed by atoms with Gasteiger partial charge in [0.05, 0.1) is 13.2 Å². The maximum absolute atomic E-state index is 12.8. The van der Waals surface area contributed by atoms with Crippen molar-refractivity contribution in [2.75, 3.05) is 25.5 Å². The predicted octanol–water partition coefficient (Wildman–Crippen LogP) is 3.29. The number of anilines is 1. The van der Waals surface area contributed by atoms with Gasteiger partial charge >= 0.3 is 0 Å². The molecular formula is C21H30ClN5O3. The van der Waals surface area contributed by atoms with E-state index in [1.807, 2.05) is 6.07 Å². The SMILES string of the molecule is COc1cc(C(=O)Nc2nc(C3CCNCC3)nn2C)ccc1OC1CCCC1.Cl. The summed E-state index contributed by atoms with van der Waals surface area (Å²) in [6.45, 7) is 1.94. The van der Waals surface area contributed by atoms with Crippen molar-refractivity contribution in [2.45, 2.75) is 50.5 Å². The molecule has 1 aromatic heterocycles. The number of rotatable bonds is 6. The van der Waals surface area contributed by atoms with Crippen molar-refractivity contribution < 1.29 is 14.3 Å². The molecule has 0 bridgehead atoms. The standard InChI is InChI=1S/C21H29N5O3.ClH/c1-26-21(23-19(25-26)14-9-11-22-12-10-14)24-20(27)15-7-8-17(18(13-15)28-2)29-16-5-3-4-6-16;/h7-8,13-14,16,22H,3-6,9-12H2,1-2H3,(H,23,24,25,27);1H. The van der Waals surface area contributed by atoms with Crippen LogP contribution >= 0.6 is 12.4 Å². The van der Waals surface area contributed by atoms with E-state index in [2.05, 4.69) is 20.7 Å². The molecule has 1 saturated carbocycles. The monoisotopic (exact) mass is 435 g/mol. The van der Waals surface area contributed by atoms with Crippen molar-refractivity contribution in [3.05, 3.63) is 29.6 Å². The van der Waals surface area contributed by atoms with Crippen LogP contribution in [0.5, 0.6) is 11.5 Å². The molecule has 2 fully saturated rings. The minimum absolute atomic E-state index is 0. The highest BCUT2D eigenvalue weighted by atomic mass is 35.5. The molecule has 1 amide bonds. The van der Waals surface area contributed by atoms with E-state index >= 15 is 0 Å². The first-order chi connectivity index (χ1) is 14.1. The molecule has 2 heterocycles. The number of amides is 1. The van der Waals surface area contributed by atoms with Crippen LogP contribution in [0.2, 0.25) is 0 Å². The van der Waals surface area contributed by atoms with E-state index < -0.39 is 0 Å². The van der Waals surface area contributed by atoms with E-state index in [9.17, 15) is 4.79 Å². The average Bonchev–Trinajstić information content (AvgIpc) is 3.39. The molecule has 0 unspecified atom stereocenters. The fourth-order valence-electron chi connectivity index (χ4n) is 4.03. The number of hydrogen-bond donors (Lipinski definition) is 2. The molecule has 1 saturated heterocycles. The van der Waals surface area contributed by atoms with E-state index in [1.54, 1.807) is 31.0 Å². The van der Waals surface area contributed by atoms with Gasteiger partial charge in [0.2, 0.25) is 5.95 Å². The second kappa shape index (κ2) is 10.1. The number of nitrogens with zero attached hydrogens (tertiary/aromatic N) is 3. The van der Waals surface area contributed by atoms with Gasteiger partial charge in [0.1, 0.15) is 0 Å². The zero-order valence-electron chi connectivity index (χ0n) is 17.5. The molecule has 4 rings (SSSR count). The lowest BCUT2D eigenvalue weighted by Crippen LogP contribution is -2.27. The van der Waals surface area contributed by atoms with Crippen molar-refractivity contribution >= 4 is 24.3 Å². The van der Waals surface area contributed by atoms with E-state index in [0.717, 1.165) is 44.6 Å². The van der Waals surface area contributed by atoms with Crippen LogP contribution in [-0.2, 0) is 7.05 Å². The minimum atomic E-state index is -0.247. The third-order valence-corrected chi connectivity index (χ3v) is 5.73. The Morgan fingerprint density at radius 3 is 2.60 bits per heavy atom. The van der Waals surface area contributed by atoms with Crippen LogP contribution in [0.4, 0.5) is 5.95 Å². The summed E-state index contributed by atoms with van der Waals surface area (Å²) in [5, 5.41) is 10.7. The number of aryl methyl sites for hydroxylation is 1. The zero-order valence-corrected chi connectivity index (χ0v) is 18.3. The van der Waals surface area contributed by atoms with Gasteiger partial charge in [-0.05, 0) is 69.8 Å². The average molecular weight is 436 g/mol. The van der Waals surface area contributed by atoms with Gasteiger partial charge in [0, 0.05) is 18.5 Å². The highest BCUT2D eigenvalue weighted by Gasteiger charge is 2.22. The predicted molar refractivity (Wildman–Crippen MR) is 117 cm³/mol. The van der Waals surface area contributed by atoms with Crippen molar-refractivity contribution in [3.63, 3.8) is 0 Å². The van der Waals surface area contributed by atoms with Crippen molar-refractivity contribution in [3.8, 4) is 11.5 Å². The summed E-state index contributed by atoms with van der Waals surface area (Å²) in [7, 11) is 3.39. The Balaban J connectivity index is 0.00000256. The molecule has 8 nitrogen and oxygen atoms in total. The molecule has 9 heteroatoms. The summed E-state index contributed by atoms with van der Waals surface area (Å²) in [5.41, 5.74) is 0.493. The Hall–Kier alpha value is -2.32. The van der Waals surface area contributed by atoms with Crippen LogP contribution in [0.15, 0.2) is 18.2 Å². The lowest BCUT2D eigenvalue weighted by atomic mass is 9.98. The van der Waals surface area contributed by atoms with Crippen molar-refractivity contribution in [1.29, 1.82) is 0 Å². The maximum atomic E-state index is 12.8. The van der Waals surface area contributed by atoms with Gasteiger partial charge in [-0.15, -0.1) is 12.4 Å². The highest BCUT2D eigenvalue weighted by Crippen LogP contribution is 2.32. The Morgan fingerprint density at radius 2 is 1.90 bits per heavy atom. The third kappa shape index (κ3) is 5.05. The quantitative estimate of drug-likeness (QED) is 0.723. The molecule has 30 heavy (non-hydrogen) atoms. The topological polar surface area (TPSA) is 90.3 Å². The van der Waals surface area contributed by atoms with Gasteiger partial charge in [0.15, 0.2) is 17.3 Å². The molecule has 2 aliphatic rings. The number of methoxy groups -OCH3 is 1. The minimum Gasteiger partial charge on any atom is -0.493 e. The Kier molecular flexibility index (Phi) is 7.55. The van der Waals surface area contributed by atoms with Crippen LogP contribution in [-0.4, -0.2) is 47.0 Å². The first-order valence-corrected chi connectivity index (χ1v) is 10.4. The fraction of sp³-hybridized carbons (Fsp3) is 0.571. The summed E-state index contributed by atoms with van der Waals surface area (Å²) >= 11 is 0. The third-order valence-electron chi connectivity index (χ3n) is 5.73. The molecular weight excluding hydrogens is 406 g/mol. The number of halogens is 1. The highest BCUT2D eigenvalue weighted by molar-refractivity contribution is 6.03. The Labute approximate surface area is 183 Å². The second-order valence-corrected chi connectivity index (χ2v) is 7.79. The summed E-state index contributed by atoms with van der Waals surface area (Å²) in [4.78, 5) is 17.3. The lowest BCUT2D eigenvalue weighted by Gasteiger charge is -2.19. The molecule has 1 aromatic carbocycles. The summed E-state index contributed by atoms with van der Waals surface area (Å²) < 4.78 is 13.1. The van der Waals surface area contributed by atoms with E-state index in [4.69, 9.17) is 9.47 Å². The van der Waals surface area contributed by atoms with Gasteiger partial charge in [-0.1, -0.05) is 0 Å². The van der Waals surface area contributed by atoms with Gasteiger partial charge in [-0.2, -0.15) is 10.1 Å². The number of ether oxygens (including phenoxy) is 2. The number of aromatic nitrogens is 3. The van der Waals surface area contributed by atoms with E-state index in [0.29, 0.717) is 28.9 Å². The van der Waals surface area contributed by atoms with Crippen LogP contribution in [0.1, 0.15) is 60.6 Å². The lowest BCUT2D eigenvalue weighted by molar-refractivity contribution is 0.102. The van der Waals surface area contributed by atoms with E-state index in [1.165, 1.54) is 12.8 Å². The summed E-state index contributed by atoms with van der Waals surface area (Å²) in [5.74, 6) is 2.58. The number of carbonyl (C=O) groups excluding carboxylic acids is 1. The van der Waals surface area contributed by atoms with Crippen LogP contribution < -0.4 is 20.1 Å². The number of nitrogens with one attached hydrogen (secondary N) is 2. The van der Waals surface area contributed by atoms with Gasteiger partial charge < -0.3 is 14.8 Å². The number of carbonyl (C=O) groups is 1. The largest absolute Gasteiger partial charge is 0.493 e. The number of benzene rings is 1. The molecule has 2 aromatic rings. The van der Waals surface area contributed by atoms with Crippen LogP contribution in [0.3, 0.4) is 0 Å². The molecule has 0 atom stereocenters.